The fourth-order valence-corrected chi connectivity index (χ4v) is 11.3. The minimum atomic E-state index is -0.0640. The molecule has 11 rings (SSSR count). The van der Waals surface area contributed by atoms with E-state index in [4.69, 9.17) is 14.5 Å². The van der Waals surface area contributed by atoms with Gasteiger partial charge in [-0.1, -0.05) is 34.6 Å². The SMILES string of the molecule is CC(C)(C)c1cc(-c2cccc(-c3ccccc3)c2-n2[c](=[Pt])n(-c3[c-]c(Oc4[c-]c5c(cc4)c4cc6c(cc4n5-c4cc(C(C)(C)C)ccn4)OCCC6(C)C)ccc3)c3ccccc32)cc(C(C)(C)C)c1. The Bertz CT molecular complexity index is 3780. The predicted molar refractivity (Wildman–Crippen MR) is 292 cm³/mol. The third-order valence-electron chi connectivity index (χ3n) is 14.5. The van der Waals surface area contributed by atoms with E-state index in [1.54, 1.807) is 0 Å². The summed E-state index contributed by atoms with van der Waals surface area (Å²) in [5.41, 5.74) is 15.6. The van der Waals surface area contributed by atoms with Crippen molar-refractivity contribution in [3.63, 3.8) is 0 Å². The molecule has 6 nitrogen and oxygen atoms in total. The van der Waals surface area contributed by atoms with Gasteiger partial charge in [0.25, 0.3) is 0 Å². The number of hydrogen-bond acceptors (Lipinski definition) is 3. The Balaban J connectivity index is 1.07. The summed E-state index contributed by atoms with van der Waals surface area (Å²) >= 11 is 2.51. The summed E-state index contributed by atoms with van der Waals surface area (Å²) in [6.45, 7) is 25.9. The number of nitrogens with zero attached hydrogens (tertiary/aromatic N) is 4. The molecule has 0 saturated carbocycles. The molecule has 0 aliphatic carbocycles. The van der Waals surface area contributed by atoms with Crippen LogP contribution in [-0.2, 0) is 41.0 Å². The fourth-order valence-electron chi connectivity index (χ4n) is 10.3. The molecule has 10 aromatic rings. The molecule has 4 heterocycles. The number of aromatic nitrogens is 4. The van der Waals surface area contributed by atoms with Gasteiger partial charge in [0.05, 0.1) is 6.61 Å². The standard InChI is InChI=1S/C65H62N4O2.Pt/c1-62(2,3)44-29-31-66-60(36-44)69-57-38-49(27-28-52(57)53-39-54-59(40-58(53)69)70-32-30-65(54,10)11)71-48-22-17-21-47(37-48)67-41-68(56-26-16-15-25-55(56)67)61-50(42-19-13-12-14-20-42)23-18-24-51(61)43-33-45(63(4,5)6)35-46(34-43)64(7,8)9;/h12-29,31,33-36,39-40H,30,32H2,1-11H3;/q-2;. The molecule has 0 bridgehead atoms. The van der Waals surface area contributed by atoms with E-state index in [2.05, 4.69) is 255 Å². The molecule has 0 amide bonds. The van der Waals surface area contributed by atoms with Crippen LogP contribution in [0.25, 0.3) is 72.3 Å². The molecule has 0 fully saturated rings. The zero-order valence-electron chi connectivity index (χ0n) is 43.3. The van der Waals surface area contributed by atoms with Gasteiger partial charge in [-0.2, -0.15) is 0 Å². The van der Waals surface area contributed by atoms with E-state index >= 15 is 0 Å². The predicted octanol–water partition coefficient (Wildman–Crippen LogP) is 16.7. The first-order chi connectivity index (χ1) is 34.2. The van der Waals surface area contributed by atoms with Gasteiger partial charge in [-0.15, -0.1) is 0 Å². The topological polar surface area (TPSA) is 46.1 Å². The second kappa shape index (κ2) is 17.5. The summed E-state index contributed by atoms with van der Waals surface area (Å²) < 4.78 is 21.1. The number of ether oxygens (including phenoxy) is 2. The second-order valence-corrected chi connectivity index (χ2v) is 24.2. The first-order valence-electron chi connectivity index (χ1n) is 25.1. The van der Waals surface area contributed by atoms with E-state index in [1.807, 2.05) is 18.3 Å². The Morgan fingerprint density at radius 3 is 1.90 bits per heavy atom. The molecule has 0 unspecified atom stereocenters. The Labute approximate surface area is 435 Å². The van der Waals surface area contributed by atoms with Crippen LogP contribution in [0.3, 0.4) is 0 Å². The molecule has 0 N–H and O–H groups in total. The molecule has 0 saturated heterocycles. The summed E-state index contributed by atoms with van der Waals surface area (Å²) in [7, 11) is 0. The van der Waals surface area contributed by atoms with Crippen LogP contribution in [0.2, 0.25) is 0 Å². The Hall–Kier alpha value is -6.75. The van der Waals surface area contributed by atoms with Crippen LogP contribution in [-0.4, -0.2) is 25.3 Å². The monoisotopic (exact) mass is 1130 g/mol. The van der Waals surface area contributed by atoms with Crippen molar-refractivity contribution in [3.8, 4) is 56.7 Å². The van der Waals surface area contributed by atoms with Crippen LogP contribution in [0.15, 0.2) is 152 Å². The van der Waals surface area contributed by atoms with Crippen LogP contribution in [0.4, 0.5) is 0 Å². The van der Waals surface area contributed by atoms with E-state index in [9.17, 15) is 0 Å². The molecular formula is C65H62N4O2Pt-2. The molecule has 366 valence electrons. The first kappa shape index (κ1) is 47.6. The molecule has 0 spiro atoms. The third-order valence-corrected chi connectivity index (χ3v) is 15.6. The number of imidazole rings is 1. The normalized spacial score (nSPS) is 14.0. The van der Waals surface area contributed by atoms with E-state index in [0.29, 0.717) is 18.1 Å². The molecule has 0 atom stereocenters. The van der Waals surface area contributed by atoms with Gasteiger partial charge in [-0.05, 0) is 34.4 Å². The van der Waals surface area contributed by atoms with Crippen LogP contribution >= 0.6 is 0 Å². The zero-order chi connectivity index (χ0) is 50.5. The van der Waals surface area contributed by atoms with Crippen molar-refractivity contribution < 1.29 is 28.8 Å². The molecule has 7 heteroatoms. The first-order valence-corrected chi connectivity index (χ1v) is 26.3. The van der Waals surface area contributed by atoms with Gasteiger partial charge in [0.1, 0.15) is 5.75 Å². The zero-order valence-corrected chi connectivity index (χ0v) is 45.5. The molecule has 1 aliphatic heterocycles. The second-order valence-electron chi connectivity index (χ2n) is 23.2. The van der Waals surface area contributed by atoms with Gasteiger partial charge in [0.15, 0.2) is 0 Å². The van der Waals surface area contributed by atoms with Crippen molar-refractivity contribution in [1.82, 2.24) is 18.7 Å². The fraction of sp³-hybridized carbons (Fsp3) is 0.262. The van der Waals surface area contributed by atoms with Crippen molar-refractivity contribution in [2.45, 2.75) is 104 Å². The Morgan fingerprint density at radius 1 is 0.569 bits per heavy atom. The molecule has 72 heavy (non-hydrogen) atoms. The number of rotatable bonds is 7. The molecule has 1 aliphatic rings. The van der Waals surface area contributed by atoms with Gasteiger partial charge in [0.2, 0.25) is 0 Å². The third kappa shape index (κ3) is 8.46. The Kier molecular flexibility index (Phi) is 11.5. The number of fused-ring (bicyclic) bond motifs is 5. The quantitative estimate of drug-likeness (QED) is 0.149. The van der Waals surface area contributed by atoms with Crippen molar-refractivity contribution in [2.24, 2.45) is 0 Å². The summed E-state index contributed by atoms with van der Waals surface area (Å²) in [6, 6.07) is 60.0. The van der Waals surface area contributed by atoms with E-state index in [0.717, 1.165) is 77.1 Å². The maximum atomic E-state index is 6.83. The number of hydrogen-bond donors (Lipinski definition) is 0. The van der Waals surface area contributed by atoms with Crippen molar-refractivity contribution in [3.05, 3.63) is 190 Å². The van der Waals surface area contributed by atoms with Gasteiger partial charge in [-0.25, -0.2) is 0 Å². The van der Waals surface area contributed by atoms with Crippen LogP contribution in [0.1, 0.15) is 105 Å². The number of benzene rings is 7. The summed E-state index contributed by atoms with van der Waals surface area (Å²) in [4.78, 5) is 4.97. The number of pyridine rings is 1. The van der Waals surface area contributed by atoms with Crippen molar-refractivity contribution in [1.29, 1.82) is 0 Å². The molecule has 3 aromatic heterocycles. The van der Waals surface area contributed by atoms with E-state index in [1.165, 1.54) is 33.4 Å². The average Bonchev–Trinajstić information content (AvgIpc) is 3.82. The van der Waals surface area contributed by atoms with E-state index < -0.39 is 0 Å². The van der Waals surface area contributed by atoms with Gasteiger partial charge in [0, 0.05) is 6.20 Å². The maximum absolute atomic E-state index is 6.83. The molecule has 0 radical (unpaired) electrons. The average molecular weight is 1130 g/mol. The molecule has 7 aromatic carbocycles. The van der Waals surface area contributed by atoms with Crippen molar-refractivity contribution in [2.75, 3.05) is 6.61 Å². The molecular weight excluding hydrogens is 1060 g/mol. The Morgan fingerprint density at radius 2 is 1.21 bits per heavy atom. The van der Waals surface area contributed by atoms with Crippen LogP contribution in [0.5, 0.6) is 17.2 Å². The van der Waals surface area contributed by atoms with Gasteiger partial charge < -0.3 is 4.74 Å². The van der Waals surface area contributed by atoms with E-state index in [-0.39, 0.29) is 21.7 Å². The minimum absolute atomic E-state index is 0.0157. The summed E-state index contributed by atoms with van der Waals surface area (Å²) in [5, 5.41) is 2.22. The van der Waals surface area contributed by atoms with Crippen LogP contribution in [0, 0.1) is 15.9 Å². The van der Waals surface area contributed by atoms with Crippen LogP contribution < -0.4 is 9.47 Å². The van der Waals surface area contributed by atoms with Gasteiger partial charge in [-0.3, -0.25) is 0 Å². The summed E-state index contributed by atoms with van der Waals surface area (Å²) in [5.74, 6) is 2.93. The van der Waals surface area contributed by atoms with Gasteiger partial charge >= 0.3 is 346 Å². The number of para-hydroxylation sites is 3. The van der Waals surface area contributed by atoms with Crippen molar-refractivity contribution >= 4 is 32.8 Å². The summed E-state index contributed by atoms with van der Waals surface area (Å²) in [6.07, 6.45) is 2.88.